The van der Waals surface area contributed by atoms with Crippen LogP contribution in [0, 0.1) is 17.6 Å². The molecule has 1 rings (SSSR count). The summed E-state index contributed by atoms with van der Waals surface area (Å²) in [5.74, 6) is -4.98. The predicted octanol–water partition coefficient (Wildman–Crippen LogP) is 2.50. The molecule has 0 saturated carbocycles. The average Bonchev–Trinajstić information content (AvgIpc) is 2.19. The molecule has 0 spiro atoms. The molecule has 0 radical (unpaired) electrons. The topological polar surface area (TPSA) is 54.4 Å². The van der Waals surface area contributed by atoms with E-state index in [1.54, 1.807) is 13.8 Å². The highest BCUT2D eigenvalue weighted by Crippen LogP contribution is 2.18. The van der Waals surface area contributed by atoms with E-state index in [1.807, 2.05) is 0 Å². The highest BCUT2D eigenvalue weighted by atomic mass is 19.2. The van der Waals surface area contributed by atoms with Crippen molar-refractivity contribution in [3.05, 3.63) is 34.9 Å². The fourth-order valence-electron chi connectivity index (χ4n) is 1.24. The molecule has 0 heterocycles. The Labute approximate surface area is 90.7 Å². The smallest absolute Gasteiger partial charge is 0.336 e. The summed E-state index contributed by atoms with van der Waals surface area (Å²) in [7, 11) is 0. The van der Waals surface area contributed by atoms with Gasteiger partial charge in [0.25, 0.3) is 0 Å². The molecule has 86 valence electrons. The molecule has 1 aromatic rings. The Morgan fingerprint density at radius 3 is 1.94 bits per heavy atom. The number of carboxylic acid groups (broad SMARTS) is 1. The maximum Gasteiger partial charge on any atom is 0.336 e. The van der Waals surface area contributed by atoms with Crippen molar-refractivity contribution in [2.75, 3.05) is 0 Å². The zero-order chi connectivity index (χ0) is 12.5. The van der Waals surface area contributed by atoms with Gasteiger partial charge < -0.3 is 5.11 Å². The van der Waals surface area contributed by atoms with Crippen LogP contribution in [-0.4, -0.2) is 16.9 Å². The van der Waals surface area contributed by atoms with Crippen LogP contribution in [0.1, 0.15) is 34.6 Å². The lowest BCUT2D eigenvalue weighted by Gasteiger charge is -2.08. The second-order valence-electron chi connectivity index (χ2n) is 3.64. The van der Waals surface area contributed by atoms with Gasteiger partial charge in [-0.25, -0.2) is 13.6 Å². The number of benzene rings is 1. The second-order valence-corrected chi connectivity index (χ2v) is 3.64. The Kier molecular flexibility index (Phi) is 3.37. The van der Waals surface area contributed by atoms with Crippen LogP contribution >= 0.6 is 0 Å². The van der Waals surface area contributed by atoms with Crippen LogP contribution in [-0.2, 0) is 0 Å². The molecular formula is C11H10F2O3. The van der Waals surface area contributed by atoms with Gasteiger partial charge in [0.05, 0.1) is 5.56 Å². The molecule has 0 amide bonds. The first kappa shape index (κ1) is 12.3. The van der Waals surface area contributed by atoms with Gasteiger partial charge in [0.1, 0.15) is 0 Å². The first-order valence-electron chi connectivity index (χ1n) is 4.61. The summed E-state index contributed by atoms with van der Waals surface area (Å²) in [5.41, 5.74) is -0.820. The minimum absolute atomic E-state index is 0.304. The fraction of sp³-hybridized carbons (Fsp3) is 0.273. The van der Waals surface area contributed by atoms with Crippen molar-refractivity contribution in [2.24, 2.45) is 5.92 Å². The summed E-state index contributed by atoms with van der Waals surface area (Å²) >= 11 is 0. The standard InChI is InChI=1S/C11H10F2O3/c1-5(2)10(14)6-3-8(12)9(13)4-7(6)11(15)16/h3-5H,1-2H3,(H,15,16). The zero-order valence-electron chi connectivity index (χ0n) is 8.75. The van der Waals surface area contributed by atoms with Crippen molar-refractivity contribution in [1.82, 2.24) is 0 Å². The molecule has 16 heavy (non-hydrogen) atoms. The number of ketones is 1. The lowest BCUT2D eigenvalue weighted by atomic mass is 9.96. The van der Waals surface area contributed by atoms with E-state index in [0.717, 1.165) is 0 Å². The van der Waals surface area contributed by atoms with Gasteiger partial charge in [0.15, 0.2) is 17.4 Å². The highest BCUT2D eigenvalue weighted by molar-refractivity contribution is 6.06. The molecule has 0 aliphatic heterocycles. The first-order valence-corrected chi connectivity index (χ1v) is 4.61. The lowest BCUT2D eigenvalue weighted by molar-refractivity contribution is 0.0690. The number of hydrogen-bond donors (Lipinski definition) is 1. The van der Waals surface area contributed by atoms with Gasteiger partial charge in [0.2, 0.25) is 0 Å². The van der Waals surface area contributed by atoms with E-state index >= 15 is 0 Å². The van der Waals surface area contributed by atoms with Gasteiger partial charge in [0, 0.05) is 11.5 Å². The van der Waals surface area contributed by atoms with Crippen LogP contribution in [0.3, 0.4) is 0 Å². The van der Waals surface area contributed by atoms with Crippen molar-refractivity contribution in [1.29, 1.82) is 0 Å². The molecule has 1 N–H and O–H groups in total. The van der Waals surface area contributed by atoms with Crippen LogP contribution in [0.5, 0.6) is 0 Å². The van der Waals surface area contributed by atoms with Gasteiger partial charge >= 0.3 is 5.97 Å². The molecule has 3 nitrogen and oxygen atoms in total. The Bertz CT molecular complexity index is 453. The van der Waals surface area contributed by atoms with Crippen molar-refractivity contribution in [2.45, 2.75) is 13.8 Å². The molecule has 0 atom stereocenters. The maximum atomic E-state index is 12.9. The molecular weight excluding hydrogens is 218 g/mol. The minimum atomic E-state index is -1.46. The monoisotopic (exact) mass is 228 g/mol. The molecule has 0 unspecified atom stereocenters. The average molecular weight is 228 g/mol. The zero-order valence-corrected chi connectivity index (χ0v) is 8.75. The van der Waals surface area contributed by atoms with Crippen molar-refractivity contribution in [3.8, 4) is 0 Å². The number of rotatable bonds is 3. The Morgan fingerprint density at radius 2 is 1.56 bits per heavy atom. The molecule has 5 heteroatoms. The number of carbonyl (C=O) groups excluding carboxylic acids is 1. The number of carbonyl (C=O) groups is 2. The summed E-state index contributed by atoms with van der Waals surface area (Å²) < 4.78 is 25.8. The van der Waals surface area contributed by atoms with E-state index in [4.69, 9.17) is 5.11 Å². The van der Waals surface area contributed by atoms with Crippen LogP contribution in [0.4, 0.5) is 8.78 Å². The number of hydrogen-bond acceptors (Lipinski definition) is 2. The lowest BCUT2D eigenvalue weighted by Crippen LogP contribution is -2.14. The Morgan fingerprint density at radius 1 is 1.12 bits per heavy atom. The van der Waals surface area contributed by atoms with Gasteiger partial charge in [-0.2, -0.15) is 0 Å². The van der Waals surface area contributed by atoms with E-state index in [0.29, 0.717) is 12.1 Å². The highest BCUT2D eigenvalue weighted by Gasteiger charge is 2.21. The number of aromatic carboxylic acids is 1. The van der Waals surface area contributed by atoms with E-state index in [9.17, 15) is 18.4 Å². The number of carboxylic acids is 1. The van der Waals surface area contributed by atoms with E-state index < -0.39 is 34.9 Å². The van der Waals surface area contributed by atoms with Crippen LogP contribution in [0.15, 0.2) is 12.1 Å². The Hall–Kier alpha value is -1.78. The van der Waals surface area contributed by atoms with E-state index in [1.165, 1.54) is 0 Å². The quantitative estimate of drug-likeness (QED) is 0.808. The van der Waals surface area contributed by atoms with Crippen molar-refractivity contribution in [3.63, 3.8) is 0 Å². The van der Waals surface area contributed by atoms with Crippen LogP contribution < -0.4 is 0 Å². The second kappa shape index (κ2) is 4.38. The minimum Gasteiger partial charge on any atom is -0.478 e. The van der Waals surface area contributed by atoms with Gasteiger partial charge in [-0.3, -0.25) is 4.79 Å². The summed E-state index contributed by atoms with van der Waals surface area (Å²) in [6.07, 6.45) is 0. The third-order valence-electron chi connectivity index (χ3n) is 2.08. The summed E-state index contributed by atoms with van der Waals surface area (Å²) in [5, 5.41) is 8.77. The maximum absolute atomic E-state index is 12.9. The first-order chi connectivity index (χ1) is 7.34. The van der Waals surface area contributed by atoms with Gasteiger partial charge in [-0.05, 0) is 12.1 Å². The fourth-order valence-corrected chi connectivity index (χ4v) is 1.24. The molecule has 0 aliphatic rings. The normalized spacial score (nSPS) is 10.6. The molecule has 0 fully saturated rings. The Balaban J connectivity index is 3.42. The molecule has 0 bridgehead atoms. The third-order valence-corrected chi connectivity index (χ3v) is 2.08. The van der Waals surface area contributed by atoms with Crippen LogP contribution in [0.2, 0.25) is 0 Å². The van der Waals surface area contributed by atoms with Crippen molar-refractivity contribution >= 4 is 11.8 Å². The SMILES string of the molecule is CC(C)C(=O)c1cc(F)c(F)cc1C(=O)O. The molecule has 0 aromatic heterocycles. The largest absolute Gasteiger partial charge is 0.478 e. The number of Topliss-reactive ketones (excluding diaryl/α,β-unsaturated/α-hetero) is 1. The van der Waals surface area contributed by atoms with Crippen molar-refractivity contribution < 1.29 is 23.5 Å². The molecule has 1 aromatic carbocycles. The van der Waals surface area contributed by atoms with Gasteiger partial charge in [-0.1, -0.05) is 13.8 Å². The summed E-state index contributed by atoms with van der Waals surface area (Å²) in [6, 6.07) is 1.15. The summed E-state index contributed by atoms with van der Waals surface area (Å²) in [4.78, 5) is 22.4. The third kappa shape index (κ3) is 2.24. The summed E-state index contributed by atoms with van der Waals surface area (Å²) in [6.45, 7) is 3.10. The molecule has 0 aliphatic carbocycles. The van der Waals surface area contributed by atoms with E-state index in [2.05, 4.69) is 0 Å². The number of halogens is 2. The molecule has 0 saturated heterocycles. The predicted molar refractivity (Wildman–Crippen MR) is 52.5 cm³/mol. The van der Waals surface area contributed by atoms with Gasteiger partial charge in [-0.15, -0.1) is 0 Å². The van der Waals surface area contributed by atoms with Crippen LogP contribution in [0.25, 0.3) is 0 Å². The van der Waals surface area contributed by atoms with E-state index in [-0.39, 0.29) is 5.56 Å².